The maximum Gasteiger partial charge on any atom is 0.157 e. The highest BCUT2D eigenvalue weighted by Gasteiger charge is 2.14. The molecule has 0 saturated heterocycles. The molecule has 0 unspecified atom stereocenters. The Balaban J connectivity index is 3.04. The van der Waals surface area contributed by atoms with Gasteiger partial charge in [-0.1, -0.05) is 20.8 Å². The van der Waals surface area contributed by atoms with Gasteiger partial charge in [-0.3, -0.25) is 0 Å². The van der Waals surface area contributed by atoms with Crippen LogP contribution in [0.1, 0.15) is 31.9 Å². The van der Waals surface area contributed by atoms with E-state index in [2.05, 4.69) is 20.8 Å². The normalized spacial score (nSPS) is 11.7. The van der Waals surface area contributed by atoms with Gasteiger partial charge in [0.25, 0.3) is 0 Å². The largest absolute Gasteiger partial charge is 0.504 e. The zero-order chi connectivity index (χ0) is 10.9. The molecule has 0 bridgehead atoms. The summed E-state index contributed by atoms with van der Waals surface area (Å²) in [4.78, 5) is 0. The van der Waals surface area contributed by atoms with E-state index in [1.54, 1.807) is 12.1 Å². The van der Waals surface area contributed by atoms with Crippen molar-refractivity contribution in [3.8, 4) is 11.5 Å². The molecule has 0 atom stereocenters. The van der Waals surface area contributed by atoms with Gasteiger partial charge in [-0.25, -0.2) is 0 Å². The average Bonchev–Trinajstić information content (AvgIpc) is 1.97. The van der Waals surface area contributed by atoms with Crippen molar-refractivity contribution in [1.82, 2.24) is 0 Å². The van der Waals surface area contributed by atoms with Gasteiger partial charge in [0.1, 0.15) is 0 Å². The number of hydrogen-bond acceptors (Lipinski definition) is 2. The van der Waals surface area contributed by atoms with Gasteiger partial charge in [-0.2, -0.15) is 0 Å². The zero-order valence-electron chi connectivity index (χ0n) is 9.26. The first-order chi connectivity index (χ1) is 6.29. The van der Waals surface area contributed by atoms with Crippen LogP contribution in [-0.4, -0.2) is 10.2 Å². The number of phenolic OH excluding ortho intramolecular Hbond substituents is 2. The summed E-state index contributed by atoms with van der Waals surface area (Å²) in [6.45, 7) is 8.39. The van der Waals surface area contributed by atoms with E-state index in [4.69, 9.17) is 0 Å². The monoisotopic (exact) mass is 194 g/mol. The van der Waals surface area contributed by atoms with Crippen LogP contribution in [0.3, 0.4) is 0 Å². The van der Waals surface area contributed by atoms with E-state index < -0.39 is 0 Å². The first-order valence-corrected chi connectivity index (χ1v) is 4.81. The molecule has 0 aliphatic rings. The molecule has 1 rings (SSSR count). The number of rotatable bonds is 1. The smallest absolute Gasteiger partial charge is 0.157 e. The van der Waals surface area contributed by atoms with Crippen molar-refractivity contribution in [2.24, 2.45) is 5.41 Å². The lowest BCUT2D eigenvalue weighted by atomic mass is 9.86. The fraction of sp³-hybridized carbons (Fsp3) is 0.500. The van der Waals surface area contributed by atoms with Gasteiger partial charge in [-0.15, -0.1) is 0 Å². The summed E-state index contributed by atoms with van der Waals surface area (Å²) < 4.78 is 0. The summed E-state index contributed by atoms with van der Waals surface area (Å²) >= 11 is 0. The van der Waals surface area contributed by atoms with E-state index >= 15 is 0 Å². The third kappa shape index (κ3) is 2.66. The number of aromatic hydroxyl groups is 2. The van der Waals surface area contributed by atoms with Crippen LogP contribution >= 0.6 is 0 Å². The predicted molar refractivity (Wildman–Crippen MR) is 57.7 cm³/mol. The van der Waals surface area contributed by atoms with Crippen LogP contribution < -0.4 is 0 Å². The highest BCUT2D eigenvalue weighted by atomic mass is 16.3. The van der Waals surface area contributed by atoms with Gasteiger partial charge in [-0.05, 0) is 42.0 Å². The van der Waals surface area contributed by atoms with Crippen molar-refractivity contribution in [2.75, 3.05) is 0 Å². The number of phenols is 2. The van der Waals surface area contributed by atoms with Crippen molar-refractivity contribution in [3.63, 3.8) is 0 Å². The SMILES string of the molecule is Cc1cc(O)c(O)cc1CC(C)(C)C. The van der Waals surface area contributed by atoms with Crippen LogP contribution in [0.15, 0.2) is 12.1 Å². The van der Waals surface area contributed by atoms with Crippen LogP contribution in [0.5, 0.6) is 11.5 Å². The molecule has 0 saturated carbocycles. The number of benzene rings is 1. The Bertz CT molecular complexity index is 335. The topological polar surface area (TPSA) is 40.5 Å². The molecule has 78 valence electrons. The lowest BCUT2D eigenvalue weighted by molar-refractivity contribution is 0.393. The van der Waals surface area contributed by atoms with Crippen molar-refractivity contribution in [2.45, 2.75) is 34.1 Å². The minimum Gasteiger partial charge on any atom is -0.504 e. The molecule has 0 aromatic heterocycles. The quantitative estimate of drug-likeness (QED) is 0.675. The maximum atomic E-state index is 9.37. The molecule has 0 spiro atoms. The van der Waals surface area contributed by atoms with Crippen molar-refractivity contribution >= 4 is 0 Å². The highest BCUT2D eigenvalue weighted by molar-refractivity contribution is 5.45. The Labute approximate surface area is 85.2 Å². The van der Waals surface area contributed by atoms with Gasteiger partial charge in [0, 0.05) is 0 Å². The second kappa shape index (κ2) is 3.52. The lowest BCUT2D eigenvalue weighted by Gasteiger charge is -2.19. The molecule has 0 fully saturated rings. The molecule has 2 N–H and O–H groups in total. The van der Waals surface area contributed by atoms with E-state index in [1.807, 2.05) is 6.92 Å². The molecular weight excluding hydrogens is 176 g/mol. The van der Waals surface area contributed by atoms with Crippen molar-refractivity contribution in [1.29, 1.82) is 0 Å². The van der Waals surface area contributed by atoms with Gasteiger partial charge in [0.05, 0.1) is 0 Å². The minimum absolute atomic E-state index is 0.0325. The third-order valence-electron chi connectivity index (χ3n) is 2.15. The standard InChI is InChI=1S/C12H18O2/c1-8-5-10(13)11(14)6-9(8)7-12(2,3)4/h5-6,13-14H,7H2,1-4H3. The molecule has 1 aromatic rings. The Morgan fingerprint density at radius 2 is 1.57 bits per heavy atom. The summed E-state index contributed by atoms with van der Waals surface area (Å²) in [6, 6.07) is 3.26. The lowest BCUT2D eigenvalue weighted by Crippen LogP contribution is -2.10. The van der Waals surface area contributed by atoms with Crippen LogP contribution in [0.25, 0.3) is 0 Å². The summed E-state index contributed by atoms with van der Waals surface area (Å²) in [7, 11) is 0. The van der Waals surface area contributed by atoms with E-state index in [0.717, 1.165) is 17.5 Å². The summed E-state index contributed by atoms with van der Waals surface area (Å²) in [5, 5.41) is 18.6. The summed E-state index contributed by atoms with van der Waals surface area (Å²) in [5.41, 5.74) is 2.30. The molecule has 0 aliphatic heterocycles. The van der Waals surface area contributed by atoms with Crippen LogP contribution in [0.4, 0.5) is 0 Å². The van der Waals surface area contributed by atoms with E-state index in [-0.39, 0.29) is 16.9 Å². The third-order valence-corrected chi connectivity index (χ3v) is 2.15. The van der Waals surface area contributed by atoms with E-state index in [9.17, 15) is 10.2 Å². The van der Waals surface area contributed by atoms with Crippen molar-refractivity contribution in [3.05, 3.63) is 23.3 Å². The number of aryl methyl sites for hydroxylation is 1. The van der Waals surface area contributed by atoms with Gasteiger partial charge in [0.15, 0.2) is 11.5 Å². The van der Waals surface area contributed by atoms with Crippen molar-refractivity contribution < 1.29 is 10.2 Å². The Hall–Kier alpha value is -1.18. The first kappa shape index (κ1) is 10.9. The highest BCUT2D eigenvalue weighted by Crippen LogP contribution is 2.31. The maximum absolute atomic E-state index is 9.37. The average molecular weight is 194 g/mol. The molecule has 2 heteroatoms. The zero-order valence-corrected chi connectivity index (χ0v) is 9.26. The van der Waals surface area contributed by atoms with Gasteiger partial charge < -0.3 is 10.2 Å². The Kier molecular flexibility index (Phi) is 2.74. The van der Waals surface area contributed by atoms with E-state index in [1.165, 1.54) is 0 Å². The first-order valence-electron chi connectivity index (χ1n) is 4.81. The molecule has 0 amide bonds. The predicted octanol–water partition coefficient (Wildman–Crippen LogP) is 2.99. The molecule has 2 nitrogen and oxygen atoms in total. The van der Waals surface area contributed by atoms with Gasteiger partial charge in [0.2, 0.25) is 0 Å². The number of hydrogen-bond donors (Lipinski definition) is 2. The molecule has 1 aromatic carbocycles. The van der Waals surface area contributed by atoms with E-state index in [0.29, 0.717) is 0 Å². The van der Waals surface area contributed by atoms with Crippen LogP contribution in [0, 0.1) is 12.3 Å². The fourth-order valence-electron chi connectivity index (χ4n) is 1.49. The Morgan fingerprint density at radius 1 is 1.07 bits per heavy atom. The van der Waals surface area contributed by atoms with Crippen LogP contribution in [0.2, 0.25) is 0 Å². The second-order valence-corrected chi connectivity index (χ2v) is 5.00. The molecule has 0 heterocycles. The second-order valence-electron chi connectivity index (χ2n) is 5.00. The van der Waals surface area contributed by atoms with Crippen LogP contribution in [-0.2, 0) is 6.42 Å². The van der Waals surface area contributed by atoms with Gasteiger partial charge >= 0.3 is 0 Å². The summed E-state index contributed by atoms with van der Waals surface area (Å²) in [6.07, 6.45) is 0.896. The minimum atomic E-state index is -0.0415. The Morgan fingerprint density at radius 3 is 2.07 bits per heavy atom. The molecule has 0 radical (unpaired) electrons. The molecule has 0 aliphatic carbocycles. The molecular formula is C12H18O2. The summed E-state index contributed by atoms with van der Waals surface area (Å²) in [5.74, 6) is -0.0741. The molecule has 14 heavy (non-hydrogen) atoms. The fourth-order valence-corrected chi connectivity index (χ4v) is 1.49.